The molecule has 1 amide bonds. The summed E-state index contributed by atoms with van der Waals surface area (Å²) in [4.78, 5) is 19.4. The van der Waals surface area contributed by atoms with Crippen LogP contribution in [0.1, 0.15) is 16.7 Å². The van der Waals surface area contributed by atoms with Gasteiger partial charge in [0.05, 0.1) is 30.0 Å². The van der Waals surface area contributed by atoms with Gasteiger partial charge in [0, 0.05) is 29.9 Å². The molecule has 1 aliphatic heterocycles. The third kappa shape index (κ3) is 4.98. The van der Waals surface area contributed by atoms with Crippen molar-refractivity contribution in [3.05, 3.63) is 59.2 Å². The Labute approximate surface area is 186 Å². The number of nitrogens with one attached hydrogen (secondary N) is 1. The van der Waals surface area contributed by atoms with Gasteiger partial charge in [0.2, 0.25) is 5.91 Å². The van der Waals surface area contributed by atoms with Gasteiger partial charge >= 0.3 is 0 Å². The Morgan fingerprint density at radius 1 is 1.16 bits per heavy atom. The molecule has 3 aromatic rings. The second-order valence-electron chi connectivity index (χ2n) is 7.57. The van der Waals surface area contributed by atoms with Crippen LogP contribution in [-0.2, 0) is 9.53 Å². The van der Waals surface area contributed by atoms with Crippen LogP contribution in [0.3, 0.4) is 0 Å². The van der Waals surface area contributed by atoms with E-state index in [0.717, 1.165) is 59.7 Å². The first-order valence-corrected chi connectivity index (χ1v) is 11.2. The van der Waals surface area contributed by atoms with E-state index in [2.05, 4.69) is 21.3 Å². The fourth-order valence-corrected chi connectivity index (χ4v) is 4.28. The molecule has 1 aromatic heterocycles. The first-order valence-electron chi connectivity index (χ1n) is 10.2. The van der Waals surface area contributed by atoms with Crippen LogP contribution in [0.5, 0.6) is 0 Å². The van der Waals surface area contributed by atoms with E-state index >= 15 is 0 Å². The van der Waals surface area contributed by atoms with Gasteiger partial charge < -0.3 is 15.0 Å². The number of morpholine rings is 1. The number of rotatable bonds is 5. The molecule has 0 aliphatic carbocycles. The van der Waals surface area contributed by atoms with Crippen molar-refractivity contribution in [2.24, 2.45) is 0 Å². The van der Waals surface area contributed by atoms with Crippen molar-refractivity contribution in [2.75, 3.05) is 42.3 Å². The lowest BCUT2D eigenvalue weighted by atomic mass is 10.1. The van der Waals surface area contributed by atoms with Crippen molar-refractivity contribution in [3.63, 3.8) is 0 Å². The molecule has 31 heavy (non-hydrogen) atoms. The normalized spacial score (nSPS) is 13.8. The standard InChI is InChI=1S/C24H24N4O2S/c1-16-11-18-13-19(14-25)24(27-22(18)12-17(16)2)31-15-23(29)26-20-3-5-21(6-4-20)28-7-9-30-10-8-28/h3-6,11-13H,7-10,15H2,1-2H3,(H,26,29). The summed E-state index contributed by atoms with van der Waals surface area (Å²) in [7, 11) is 0. The van der Waals surface area contributed by atoms with Crippen LogP contribution in [0.2, 0.25) is 0 Å². The maximum atomic E-state index is 12.5. The van der Waals surface area contributed by atoms with Crippen molar-refractivity contribution >= 4 is 39.9 Å². The monoisotopic (exact) mass is 432 g/mol. The van der Waals surface area contributed by atoms with Gasteiger partial charge in [-0.3, -0.25) is 4.79 Å². The molecule has 2 aromatic carbocycles. The van der Waals surface area contributed by atoms with Crippen molar-refractivity contribution in [2.45, 2.75) is 18.9 Å². The Kier molecular flexibility index (Phi) is 6.40. The maximum Gasteiger partial charge on any atom is 0.234 e. The van der Waals surface area contributed by atoms with Gasteiger partial charge in [-0.2, -0.15) is 5.26 Å². The van der Waals surface area contributed by atoms with Gasteiger partial charge in [-0.25, -0.2) is 4.98 Å². The van der Waals surface area contributed by atoms with Gasteiger partial charge in [0.15, 0.2) is 0 Å². The maximum absolute atomic E-state index is 12.5. The molecule has 2 heterocycles. The number of carbonyl (C=O) groups is 1. The van der Waals surface area contributed by atoms with E-state index in [0.29, 0.717) is 10.6 Å². The molecule has 1 saturated heterocycles. The predicted molar refractivity (Wildman–Crippen MR) is 125 cm³/mol. The van der Waals surface area contributed by atoms with Gasteiger partial charge in [-0.15, -0.1) is 0 Å². The molecule has 158 valence electrons. The third-order valence-electron chi connectivity index (χ3n) is 5.38. The van der Waals surface area contributed by atoms with Crippen LogP contribution in [0.15, 0.2) is 47.5 Å². The molecule has 1 aliphatic rings. The summed E-state index contributed by atoms with van der Waals surface area (Å²) >= 11 is 1.28. The zero-order valence-corrected chi connectivity index (χ0v) is 18.5. The predicted octanol–water partition coefficient (Wildman–Crippen LogP) is 4.29. The summed E-state index contributed by atoms with van der Waals surface area (Å²) in [5.74, 6) is 0.0541. The number of aryl methyl sites for hydroxylation is 2. The van der Waals surface area contributed by atoms with Crippen molar-refractivity contribution < 1.29 is 9.53 Å². The summed E-state index contributed by atoms with van der Waals surface area (Å²) < 4.78 is 5.39. The number of amides is 1. The molecule has 6 nitrogen and oxygen atoms in total. The molecule has 0 atom stereocenters. The first-order chi connectivity index (χ1) is 15.0. The van der Waals surface area contributed by atoms with Crippen LogP contribution in [-0.4, -0.2) is 42.9 Å². The molecule has 1 fully saturated rings. The minimum Gasteiger partial charge on any atom is -0.378 e. The fourth-order valence-electron chi connectivity index (χ4n) is 3.52. The summed E-state index contributed by atoms with van der Waals surface area (Å²) in [6.07, 6.45) is 0. The second kappa shape index (κ2) is 9.38. The highest BCUT2D eigenvalue weighted by atomic mass is 32.2. The van der Waals surface area contributed by atoms with Crippen LogP contribution in [0.25, 0.3) is 10.9 Å². The molecule has 0 radical (unpaired) electrons. The van der Waals surface area contributed by atoms with Crippen LogP contribution in [0.4, 0.5) is 11.4 Å². The van der Waals surface area contributed by atoms with E-state index < -0.39 is 0 Å². The lowest BCUT2D eigenvalue weighted by Gasteiger charge is -2.28. The largest absolute Gasteiger partial charge is 0.378 e. The number of nitriles is 1. The zero-order valence-electron chi connectivity index (χ0n) is 17.6. The van der Waals surface area contributed by atoms with Gasteiger partial charge in [-0.1, -0.05) is 11.8 Å². The fraction of sp³-hybridized carbons (Fsp3) is 0.292. The van der Waals surface area contributed by atoms with Crippen LogP contribution < -0.4 is 10.2 Å². The Balaban J connectivity index is 1.41. The third-order valence-corrected chi connectivity index (χ3v) is 6.37. The number of nitrogens with zero attached hydrogens (tertiary/aromatic N) is 3. The van der Waals surface area contributed by atoms with Crippen LogP contribution in [0, 0.1) is 25.2 Å². The SMILES string of the molecule is Cc1cc2cc(C#N)c(SCC(=O)Nc3ccc(N4CCOCC4)cc3)nc2cc1C. The highest BCUT2D eigenvalue weighted by molar-refractivity contribution is 8.00. The number of carbonyl (C=O) groups excluding carboxylic acids is 1. The Morgan fingerprint density at radius 3 is 2.58 bits per heavy atom. The number of aromatic nitrogens is 1. The molecular weight excluding hydrogens is 408 g/mol. The van der Waals surface area contributed by atoms with E-state index in [4.69, 9.17) is 4.74 Å². The lowest BCUT2D eigenvalue weighted by Crippen LogP contribution is -2.36. The summed E-state index contributed by atoms with van der Waals surface area (Å²) in [6, 6.07) is 16.0. The smallest absolute Gasteiger partial charge is 0.234 e. The van der Waals surface area contributed by atoms with E-state index in [-0.39, 0.29) is 11.7 Å². The second-order valence-corrected chi connectivity index (χ2v) is 8.53. The van der Waals surface area contributed by atoms with E-state index in [9.17, 15) is 10.1 Å². The van der Waals surface area contributed by atoms with Gasteiger partial charge in [0.1, 0.15) is 11.1 Å². The Morgan fingerprint density at radius 2 is 1.87 bits per heavy atom. The summed E-state index contributed by atoms with van der Waals surface area (Å²) in [5.41, 5.74) is 5.52. The summed E-state index contributed by atoms with van der Waals surface area (Å²) in [6.45, 7) is 7.31. The highest BCUT2D eigenvalue weighted by Gasteiger charge is 2.13. The quantitative estimate of drug-likeness (QED) is 0.606. The highest BCUT2D eigenvalue weighted by Crippen LogP contribution is 2.27. The zero-order chi connectivity index (χ0) is 21.8. The average Bonchev–Trinajstić information content (AvgIpc) is 2.79. The number of thioether (sulfide) groups is 1. The van der Waals surface area contributed by atoms with Crippen molar-refractivity contribution in [3.8, 4) is 6.07 Å². The number of pyridine rings is 1. The molecular formula is C24H24N4O2S. The van der Waals surface area contributed by atoms with Crippen molar-refractivity contribution in [1.82, 2.24) is 4.98 Å². The van der Waals surface area contributed by atoms with Crippen LogP contribution >= 0.6 is 11.8 Å². The number of anilines is 2. The molecule has 7 heteroatoms. The number of hydrogen-bond acceptors (Lipinski definition) is 6. The molecule has 0 bridgehead atoms. The van der Waals surface area contributed by atoms with Gasteiger partial charge in [0.25, 0.3) is 0 Å². The molecule has 1 N–H and O–H groups in total. The van der Waals surface area contributed by atoms with Gasteiger partial charge in [-0.05, 0) is 67.4 Å². The Hall–Kier alpha value is -3.08. The topological polar surface area (TPSA) is 78.2 Å². The van der Waals surface area contributed by atoms with E-state index in [1.165, 1.54) is 11.8 Å². The molecule has 0 saturated carbocycles. The molecule has 4 rings (SSSR count). The number of ether oxygens (including phenoxy) is 1. The minimum atomic E-state index is -0.130. The number of hydrogen-bond donors (Lipinski definition) is 1. The summed E-state index contributed by atoms with van der Waals surface area (Å²) in [5, 5.41) is 14.0. The average molecular weight is 433 g/mol. The van der Waals surface area contributed by atoms with Crippen molar-refractivity contribution in [1.29, 1.82) is 5.26 Å². The molecule has 0 spiro atoms. The van der Waals surface area contributed by atoms with E-state index in [1.807, 2.05) is 56.3 Å². The number of fused-ring (bicyclic) bond motifs is 1. The Bertz CT molecular complexity index is 1150. The molecule has 0 unspecified atom stereocenters. The lowest BCUT2D eigenvalue weighted by molar-refractivity contribution is -0.113. The van der Waals surface area contributed by atoms with E-state index in [1.54, 1.807) is 0 Å². The number of benzene rings is 2. The minimum absolute atomic E-state index is 0.130. The first kappa shape index (κ1) is 21.2.